The number of hydrogen-bond acceptors (Lipinski definition) is 3. The summed E-state index contributed by atoms with van der Waals surface area (Å²) in [5, 5.41) is 0. The molecule has 0 saturated carbocycles. The first-order valence-corrected chi connectivity index (χ1v) is 4.84. The van der Waals surface area contributed by atoms with Gasteiger partial charge in [-0.25, -0.2) is 0 Å². The molecule has 14 heavy (non-hydrogen) atoms. The van der Waals surface area contributed by atoms with Crippen LogP contribution in [0, 0.1) is 13.8 Å². The minimum atomic E-state index is -0.166. The van der Waals surface area contributed by atoms with Gasteiger partial charge in [0.15, 0.2) is 0 Å². The van der Waals surface area contributed by atoms with E-state index in [4.69, 9.17) is 9.15 Å². The van der Waals surface area contributed by atoms with E-state index in [1.165, 1.54) is 0 Å². The lowest BCUT2D eigenvalue weighted by Crippen LogP contribution is -2.05. The van der Waals surface area contributed by atoms with E-state index >= 15 is 0 Å². The van der Waals surface area contributed by atoms with Crippen molar-refractivity contribution in [1.29, 1.82) is 0 Å². The lowest BCUT2D eigenvalue weighted by molar-refractivity contribution is -0.143. The summed E-state index contributed by atoms with van der Waals surface area (Å²) in [5.41, 5.74) is 2.26. The summed E-state index contributed by atoms with van der Waals surface area (Å²) in [6, 6.07) is 0. The monoisotopic (exact) mass is 196 g/mol. The van der Waals surface area contributed by atoms with Gasteiger partial charge in [0.2, 0.25) is 0 Å². The number of esters is 1. The van der Waals surface area contributed by atoms with Crippen molar-refractivity contribution in [3.05, 3.63) is 23.2 Å². The first kappa shape index (κ1) is 10.8. The second-order valence-corrected chi connectivity index (χ2v) is 3.27. The van der Waals surface area contributed by atoms with Crippen LogP contribution in [0.3, 0.4) is 0 Å². The van der Waals surface area contributed by atoms with Crippen LogP contribution in [0.15, 0.2) is 10.7 Å². The molecular formula is C11H16O3. The molecule has 0 amide bonds. The number of hydrogen-bond donors (Lipinski definition) is 0. The van der Waals surface area contributed by atoms with Crippen LogP contribution in [0.5, 0.6) is 0 Å². The van der Waals surface area contributed by atoms with Gasteiger partial charge >= 0.3 is 5.97 Å². The smallest absolute Gasteiger partial charge is 0.306 e. The third-order valence-electron chi connectivity index (χ3n) is 2.25. The van der Waals surface area contributed by atoms with E-state index in [0.29, 0.717) is 19.4 Å². The molecule has 0 saturated heterocycles. The van der Waals surface area contributed by atoms with Gasteiger partial charge in [-0.1, -0.05) is 0 Å². The van der Waals surface area contributed by atoms with Gasteiger partial charge in [-0.2, -0.15) is 0 Å². The first-order chi connectivity index (χ1) is 6.65. The highest BCUT2D eigenvalue weighted by Gasteiger charge is 2.09. The summed E-state index contributed by atoms with van der Waals surface area (Å²) in [7, 11) is 0. The second kappa shape index (κ2) is 4.84. The quantitative estimate of drug-likeness (QED) is 0.694. The fourth-order valence-electron chi connectivity index (χ4n) is 1.25. The maximum Gasteiger partial charge on any atom is 0.306 e. The van der Waals surface area contributed by atoms with Gasteiger partial charge in [0.25, 0.3) is 0 Å². The summed E-state index contributed by atoms with van der Waals surface area (Å²) < 4.78 is 10.1. The molecule has 0 radical (unpaired) electrons. The molecule has 78 valence electrons. The molecule has 0 spiro atoms. The number of ether oxygens (including phenoxy) is 1. The SMILES string of the molecule is CCOC(=O)CCc1occ(C)c1C. The average molecular weight is 196 g/mol. The van der Waals surface area contributed by atoms with Crippen molar-refractivity contribution in [2.75, 3.05) is 6.61 Å². The number of carbonyl (C=O) groups excluding carboxylic acids is 1. The third-order valence-corrected chi connectivity index (χ3v) is 2.25. The Balaban J connectivity index is 2.46. The van der Waals surface area contributed by atoms with Crippen LogP contribution >= 0.6 is 0 Å². The Bertz CT molecular complexity index is 312. The van der Waals surface area contributed by atoms with Crippen molar-refractivity contribution >= 4 is 5.97 Å². The van der Waals surface area contributed by atoms with Crippen LogP contribution in [0.2, 0.25) is 0 Å². The van der Waals surface area contributed by atoms with E-state index in [2.05, 4.69) is 0 Å². The van der Waals surface area contributed by atoms with E-state index in [0.717, 1.165) is 16.9 Å². The Labute approximate surface area is 84.1 Å². The molecule has 1 aromatic heterocycles. The van der Waals surface area contributed by atoms with Gasteiger partial charge in [-0.05, 0) is 31.9 Å². The standard InChI is InChI=1S/C11H16O3/c1-4-13-11(12)6-5-10-9(3)8(2)7-14-10/h7H,4-6H2,1-3H3. The Kier molecular flexibility index (Phi) is 3.74. The highest BCUT2D eigenvalue weighted by Crippen LogP contribution is 2.16. The summed E-state index contributed by atoms with van der Waals surface area (Å²) in [4.78, 5) is 11.1. The largest absolute Gasteiger partial charge is 0.469 e. The summed E-state index contributed by atoms with van der Waals surface area (Å²) in [6.45, 7) is 6.24. The van der Waals surface area contributed by atoms with E-state index in [-0.39, 0.29) is 5.97 Å². The van der Waals surface area contributed by atoms with Crippen molar-refractivity contribution in [2.24, 2.45) is 0 Å². The lowest BCUT2D eigenvalue weighted by atomic mass is 10.1. The maximum atomic E-state index is 11.1. The minimum Gasteiger partial charge on any atom is -0.469 e. The Hall–Kier alpha value is -1.25. The third kappa shape index (κ3) is 2.62. The normalized spacial score (nSPS) is 10.2. The van der Waals surface area contributed by atoms with Crippen molar-refractivity contribution in [2.45, 2.75) is 33.6 Å². The van der Waals surface area contributed by atoms with E-state index in [1.807, 2.05) is 13.8 Å². The van der Waals surface area contributed by atoms with Crippen molar-refractivity contribution in [3.63, 3.8) is 0 Å². The minimum absolute atomic E-state index is 0.166. The van der Waals surface area contributed by atoms with E-state index < -0.39 is 0 Å². The van der Waals surface area contributed by atoms with Gasteiger partial charge < -0.3 is 9.15 Å². The highest BCUT2D eigenvalue weighted by atomic mass is 16.5. The van der Waals surface area contributed by atoms with Crippen molar-refractivity contribution in [3.8, 4) is 0 Å². The molecule has 1 rings (SSSR count). The Morgan fingerprint density at radius 1 is 1.50 bits per heavy atom. The number of carbonyl (C=O) groups is 1. The van der Waals surface area contributed by atoms with Gasteiger partial charge in [-0.3, -0.25) is 4.79 Å². The zero-order valence-corrected chi connectivity index (χ0v) is 8.92. The molecule has 0 N–H and O–H groups in total. The van der Waals surface area contributed by atoms with Crippen LogP contribution < -0.4 is 0 Å². The zero-order valence-electron chi connectivity index (χ0n) is 8.92. The fourth-order valence-corrected chi connectivity index (χ4v) is 1.25. The molecule has 0 atom stereocenters. The van der Waals surface area contributed by atoms with Crippen molar-refractivity contribution in [1.82, 2.24) is 0 Å². The van der Waals surface area contributed by atoms with Crippen LogP contribution in [0.25, 0.3) is 0 Å². The van der Waals surface area contributed by atoms with E-state index in [9.17, 15) is 4.79 Å². The lowest BCUT2D eigenvalue weighted by Gasteiger charge is -2.00. The van der Waals surface area contributed by atoms with Gasteiger partial charge in [-0.15, -0.1) is 0 Å². The molecule has 0 aliphatic rings. The molecule has 0 aliphatic heterocycles. The topological polar surface area (TPSA) is 39.4 Å². The zero-order chi connectivity index (χ0) is 10.6. The van der Waals surface area contributed by atoms with Crippen LogP contribution in [0.4, 0.5) is 0 Å². The second-order valence-electron chi connectivity index (χ2n) is 3.27. The van der Waals surface area contributed by atoms with Crippen LogP contribution in [-0.4, -0.2) is 12.6 Å². The molecule has 0 bridgehead atoms. The molecular weight excluding hydrogens is 180 g/mol. The fraction of sp³-hybridized carbons (Fsp3) is 0.545. The Morgan fingerprint density at radius 2 is 2.21 bits per heavy atom. The highest BCUT2D eigenvalue weighted by molar-refractivity contribution is 5.69. The van der Waals surface area contributed by atoms with Crippen LogP contribution in [-0.2, 0) is 16.0 Å². The molecule has 0 unspecified atom stereocenters. The van der Waals surface area contributed by atoms with Gasteiger partial charge in [0.05, 0.1) is 19.3 Å². The summed E-state index contributed by atoms with van der Waals surface area (Å²) >= 11 is 0. The number of aryl methyl sites for hydroxylation is 2. The Morgan fingerprint density at radius 3 is 2.71 bits per heavy atom. The molecule has 0 fully saturated rings. The molecule has 0 aromatic carbocycles. The molecule has 3 heteroatoms. The summed E-state index contributed by atoms with van der Waals surface area (Å²) in [5.74, 6) is 0.719. The molecule has 1 aromatic rings. The summed E-state index contributed by atoms with van der Waals surface area (Å²) in [6.07, 6.45) is 2.73. The number of rotatable bonds is 4. The predicted molar refractivity (Wildman–Crippen MR) is 53.1 cm³/mol. The van der Waals surface area contributed by atoms with Crippen LogP contribution in [0.1, 0.15) is 30.2 Å². The molecule has 0 aliphatic carbocycles. The maximum absolute atomic E-state index is 11.1. The van der Waals surface area contributed by atoms with Gasteiger partial charge in [0.1, 0.15) is 5.76 Å². The molecule has 1 heterocycles. The number of furan rings is 1. The van der Waals surface area contributed by atoms with Crippen molar-refractivity contribution < 1.29 is 13.9 Å². The van der Waals surface area contributed by atoms with E-state index in [1.54, 1.807) is 13.2 Å². The van der Waals surface area contributed by atoms with Gasteiger partial charge in [0, 0.05) is 6.42 Å². The predicted octanol–water partition coefficient (Wildman–Crippen LogP) is 2.39. The first-order valence-electron chi connectivity index (χ1n) is 4.84. The average Bonchev–Trinajstić information content (AvgIpc) is 2.46. The molecule has 3 nitrogen and oxygen atoms in total.